The Morgan fingerprint density at radius 2 is 2.11 bits per heavy atom. The van der Waals surface area contributed by atoms with Crippen molar-refractivity contribution in [3.8, 4) is 11.8 Å². The van der Waals surface area contributed by atoms with E-state index in [1.54, 1.807) is 6.92 Å². The number of nitrogens with zero attached hydrogens (tertiary/aromatic N) is 2. The summed E-state index contributed by atoms with van der Waals surface area (Å²) >= 11 is 0. The summed E-state index contributed by atoms with van der Waals surface area (Å²) in [5, 5.41) is 17.8. The summed E-state index contributed by atoms with van der Waals surface area (Å²) in [5.41, 5.74) is 1.21. The Labute approximate surface area is 114 Å². The Bertz CT molecular complexity index is 434. The van der Waals surface area contributed by atoms with Gasteiger partial charge in [0.2, 0.25) is 0 Å². The predicted molar refractivity (Wildman–Crippen MR) is 72.7 cm³/mol. The van der Waals surface area contributed by atoms with Gasteiger partial charge in [-0.3, -0.25) is 4.90 Å². The molecule has 1 unspecified atom stereocenters. The molecule has 0 spiro atoms. The number of aliphatic hydroxyl groups is 1. The van der Waals surface area contributed by atoms with E-state index in [9.17, 15) is 0 Å². The van der Waals surface area contributed by atoms with Crippen molar-refractivity contribution in [2.45, 2.75) is 38.5 Å². The summed E-state index contributed by atoms with van der Waals surface area (Å²) in [6, 6.07) is 10.5. The minimum absolute atomic E-state index is 0.206. The number of hydrogen-bond donors (Lipinski definition) is 1. The van der Waals surface area contributed by atoms with Gasteiger partial charge in [-0.1, -0.05) is 12.1 Å². The normalized spacial score (nSPS) is 16.1. The summed E-state index contributed by atoms with van der Waals surface area (Å²) < 4.78 is 5.42. The van der Waals surface area contributed by atoms with Crippen molar-refractivity contribution >= 4 is 0 Å². The molecule has 2 rings (SSSR count). The smallest absolute Gasteiger partial charge is 0.181 e. The Morgan fingerprint density at radius 3 is 2.63 bits per heavy atom. The molecule has 0 bridgehead atoms. The van der Waals surface area contributed by atoms with Gasteiger partial charge >= 0.3 is 0 Å². The van der Waals surface area contributed by atoms with Crippen LogP contribution in [-0.4, -0.2) is 35.3 Å². The lowest BCUT2D eigenvalue weighted by Gasteiger charge is -2.21. The highest BCUT2D eigenvalue weighted by molar-refractivity contribution is 5.28. The quantitative estimate of drug-likeness (QED) is 0.814. The number of aliphatic hydroxyl groups excluding tert-OH is 1. The van der Waals surface area contributed by atoms with Crippen LogP contribution in [0.15, 0.2) is 24.3 Å². The fraction of sp³-hybridized carbons (Fsp3) is 0.533. The van der Waals surface area contributed by atoms with Gasteiger partial charge in [-0.05, 0) is 37.5 Å². The van der Waals surface area contributed by atoms with E-state index < -0.39 is 6.10 Å². The third-order valence-corrected chi connectivity index (χ3v) is 3.25. The first-order valence-corrected chi connectivity index (χ1v) is 6.73. The van der Waals surface area contributed by atoms with E-state index in [0.717, 1.165) is 18.8 Å². The van der Waals surface area contributed by atoms with Crippen LogP contribution in [0, 0.1) is 11.3 Å². The Hall–Kier alpha value is -1.57. The maximum absolute atomic E-state index is 9.07. The fourth-order valence-electron chi connectivity index (χ4n) is 2.10. The van der Waals surface area contributed by atoms with Crippen molar-refractivity contribution in [1.82, 2.24) is 4.90 Å². The molecule has 0 saturated heterocycles. The highest BCUT2D eigenvalue weighted by Crippen LogP contribution is 2.28. The van der Waals surface area contributed by atoms with Gasteiger partial charge < -0.3 is 9.84 Å². The van der Waals surface area contributed by atoms with Crippen LogP contribution in [0.2, 0.25) is 0 Å². The summed E-state index contributed by atoms with van der Waals surface area (Å²) in [4.78, 5) is 2.31. The molecular weight excluding hydrogens is 240 g/mol. The SMILES string of the molecule is CC(C#N)Oc1ccc(CN(CCO)C2CC2)cc1. The van der Waals surface area contributed by atoms with E-state index in [1.807, 2.05) is 30.3 Å². The monoisotopic (exact) mass is 260 g/mol. The van der Waals surface area contributed by atoms with Crippen LogP contribution in [0.25, 0.3) is 0 Å². The van der Waals surface area contributed by atoms with Crippen molar-refractivity contribution in [2.24, 2.45) is 0 Å². The van der Waals surface area contributed by atoms with Gasteiger partial charge in [0.1, 0.15) is 11.8 Å². The molecule has 1 aliphatic carbocycles. The van der Waals surface area contributed by atoms with Crippen molar-refractivity contribution < 1.29 is 9.84 Å². The largest absolute Gasteiger partial charge is 0.476 e. The van der Waals surface area contributed by atoms with Crippen LogP contribution in [0.5, 0.6) is 5.75 Å². The van der Waals surface area contributed by atoms with E-state index in [4.69, 9.17) is 15.1 Å². The molecule has 1 aromatic carbocycles. The van der Waals surface area contributed by atoms with Gasteiger partial charge in [-0.15, -0.1) is 0 Å². The van der Waals surface area contributed by atoms with Crippen molar-refractivity contribution in [2.75, 3.05) is 13.2 Å². The van der Waals surface area contributed by atoms with Crippen LogP contribution in [-0.2, 0) is 6.54 Å². The topological polar surface area (TPSA) is 56.5 Å². The first-order valence-electron chi connectivity index (χ1n) is 6.73. The van der Waals surface area contributed by atoms with Crippen LogP contribution < -0.4 is 4.74 Å². The van der Waals surface area contributed by atoms with Gasteiger partial charge in [-0.25, -0.2) is 0 Å². The summed E-state index contributed by atoms with van der Waals surface area (Å²) in [7, 11) is 0. The zero-order valence-corrected chi connectivity index (χ0v) is 11.2. The molecule has 1 fully saturated rings. The van der Waals surface area contributed by atoms with E-state index >= 15 is 0 Å². The maximum Gasteiger partial charge on any atom is 0.181 e. The maximum atomic E-state index is 9.07. The lowest BCUT2D eigenvalue weighted by molar-refractivity contribution is 0.183. The van der Waals surface area contributed by atoms with Gasteiger partial charge in [-0.2, -0.15) is 5.26 Å². The van der Waals surface area contributed by atoms with Crippen LogP contribution in [0.4, 0.5) is 0 Å². The summed E-state index contributed by atoms with van der Waals surface area (Å²) in [5.74, 6) is 0.720. The van der Waals surface area contributed by atoms with E-state index in [-0.39, 0.29) is 6.61 Å². The van der Waals surface area contributed by atoms with E-state index in [0.29, 0.717) is 6.04 Å². The second-order valence-electron chi connectivity index (χ2n) is 4.96. The molecular formula is C15H20N2O2. The number of ether oxygens (including phenoxy) is 1. The molecule has 0 aromatic heterocycles. The Balaban J connectivity index is 1.92. The summed E-state index contributed by atoms with van der Waals surface area (Å²) in [6.45, 7) is 3.52. The van der Waals surface area contributed by atoms with Crippen LogP contribution >= 0.6 is 0 Å². The second-order valence-corrected chi connectivity index (χ2v) is 4.96. The number of hydrogen-bond acceptors (Lipinski definition) is 4. The molecule has 0 amide bonds. The number of nitriles is 1. The van der Waals surface area contributed by atoms with Crippen LogP contribution in [0.1, 0.15) is 25.3 Å². The average Bonchev–Trinajstić information content (AvgIpc) is 3.24. The third-order valence-electron chi connectivity index (χ3n) is 3.25. The molecule has 4 nitrogen and oxygen atoms in total. The predicted octanol–water partition coefficient (Wildman–Crippen LogP) is 1.93. The molecule has 4 heteroatoms. The molecule has 1 atom stereocenters. The molecule has 0 radical (unpaired) electrons. The van der Waals surface area contributed by atoms with Gasteiger partial charge in [0.25, 0.3) is 0 Å². The number of benzene rings is 1. The number of rotatable bonds is 7. The molecule has 1 N–H and O–H groups in total. The molecule has 19 heavy (non-hydrogen) atoms. The molecule has 0 heterocycles. The van der Waals surface area contributed by atoms with Gasteiger partial charge in [0.05, 0.1) is 6.61 Å². The zero-order valence-electron chi connectivity index (χ0n) is 11.2. The Kier molecular flexibility index (Phi) is 4.78. The highest BCUT2D eigenvalue weighted by atomic mass is 16.5. The second kappa shape index (κ2) is 6.55. The van der Waals surface area contributed by atoms with Crippen molar-refractivity contribution in [3.63, 3.8) is 0 Å². The summed E-state index contributed by atoms with van der Waals surface area (Å²) in [6.07, 6.45) is 2.05. The lowest BCUT2D eigenvalue weighted by atomic mass is 10.2. The van der Waals surface area contributed by atoms with Gasteiger partial charge in [0.15, 0.2) is 6.10 Å². The average molecular weight is 260 g/mol. The first kappa shape index (κ1) is 13.9. The first-order chi connectivity index (χ1) is 9.22. The minimum atomic E-state index is -0.428. The standard InChI is InChI=1S/C15H20N2O2/c1-12(10-16)19-15-6-2-13(3-7-15)11-17(8-9-18)14-4-5-14/h2-3,6-7,12,14,18H,4-5,8-9,11H2,1H3. The lowest BCUT2D eigenvalue weighted by Crippen LogP contribution is -2.28. The Morgan fingerprint density at radius 1 is 1.42 bits per heavy atom. The molecule has 102 valence electrons. The fourth-order valence-corrected chi connectivity index (χ4v) is 2.10. The molecule has 1 aromatic rings. The molecule has 1 saturated carbocycles. The van der Waals surface area contributed by atoms with Crippen molar-refractivity contribution in [3.05, 3.63) is 29.8 Å². The van der Waals surface area contributed by atoms with E-state index in [1.165, 1.54) is 18.4 Å². The van der Waals surface area contributed by atoms with Gasteiger partial charge in [0, 0.05) is 19.1 Å². The van der Waals surface area contributed by atoms with Crippen LogP contribution in [0.3, 0.4) is 0 Å². The van der Waals surface area contributed by atoms with Crippen molar-refractivity contribution in [1.29, 1.82) is 5.26 Å². The molecule has 1 aliphatic rings. The zero-order chi connectivity index (χ0) is 13.7. The third kappa shape index (κ3) is 4.23. The molecule has 0 aliphatic heterocycles. The minimum Gasteiger partial charge on any atom is -0.476 e. The highest BCUT2D eigenvalue weighted by Gasteiger charge is 2.28. The van der Waals surface area contributed by atoms with E-state index in [2.05, 4.69) is 4.90 Å².